The van der Waals surface area contributed by atoms with Gasteiger partial charge in [0.1, 0.15) is 12.6 Å². The Kier molecular flexibility index (Phi) is 9.26. The molecular weight excluding hydrogens is 558 g/mol. The number of carbonyl (C=O) groups is 2. The molecular formula is C35H49N3O4S. The number of carbonyl (C=O) groups excluding carboxylic acids is 2. The van der Waals surface area contributed by atoms with Gasteiger partial charge in [0.25, 0.3) is 0 Å². The minimum absolute atomic E-state index is 0.210. The van der Waals surface area contributed by atoms with Crippen LogP contribution in [0.4, 0.5) is 5.69 Å². The summed E-state index contributed by atoms with van der Waals surface area (Å²) in [5, 5.41) is 2.97. The molecule has 4 fully saturated rings. The third kappa shape index (κ3) is 7.11. The second-order valence-corrected chi connectivity index (χ2v) is 16.0. The monoisotopic (exact) mass is 607 g/mol. The van der Waals surface area contributed by atoms with Gasteiger partial charge in [-0.05, 0) is 104 Å². The van der Waals surface area contributed by atoms with Gasteiger partial charge in [0.2, 0.25) is 21.8 Å². The van der Waals surface area contributed by atoms with Crippen molar-refractivity contribution in [1.29, 1.82) is 0 Å². The summed E-state index contributed by atoms with van der Waals surface area (Å²) >= 11 is 0. The number of hydrogen-bond donors (Lipinski definition) is 1. The fourth-order valence-corrected chi connectivity index (χ4v) is 9.14. The Labute approximate surface area is 258 Å². The van der Waals surface area contributed by atoms with Crippen LogP contribution in [0.3, 0.4) is 0 Å². The first-order chi connectivity index (χ1) is 20.4. The van der Waals surface area contributed by atoms with Gasteiger partial charge in [-0.25, -0.2) is 8.42 Å². The first kappa shape index (κ1) is 31.6. The molecule has 0 saturated heterocycles. The van der Waals surface area contributed by atoms with Crippen molar-refractivity contribution < 1.29 is 18.0 Å². The molecule has 4 saturated carbocycles. The average molecular weight is 608 g/mol. The maximum atomic E-state index is 14.0. The number of benzene rings is 2. The number of nitrogens with zero attached hydrogens (tertiary/aromatic N) is 2. The van der Waals surface area contributed by atoms with Crippen LogP contribution in [0.2, 0.25) is 0 Å². The lowest BCUT2D eigenvalue weighted by atomic mass is 9.48. The van der Waals surface area contributed by atoms with E-state index in [4.69, 9.17) is 0 Å². The molecule has 0 radical (unpaired) electrons. The van der Waals surface area contributed by atoms with Gasteiger partial charge in [0, 0.05) is 13.1 Å². The largest absolute Gasteiger partial charge is 0.354 e. The van der Waals surface area contributed by atoms with Crippen LogP contribution in [0.1, 0.15) is 82.4 Å². The van der Waals surface area contributed by atoms with Crippen LogP contribution in [-0.2, 0) is 31.6 Å². The van der Waals surface area contributed by atoms with Gasteiger partial charge in [0.15, 0.2) is 0 Å². The molecule has 8 heteroatoms. The quantitative estimate of drug-likeness (QED) is 0.330. The molecule has 7 nitrogen and oxygen atoms in total. The van der Waals surface area contributed by atoms with Gasteiger partial charge < -0.3 is 10.2 Å². The highest BCUT2D eigenvalue weighted by molar-refractivity contribution is 7.92. The number of aryl methyl sites for hydroxylation is 1. The van der Waals surface area contributed by atoms with E-state index in [0.717, 1.165) is 35.1 Å². The highest BCUT2D eigenvalue weighted by Crippen LogP contribution is 2.60. The first-order valence-electron chi connectivity index (χ1n) is 16.1. The van der Waals surface area contributed by atoms with Gasteiger partial charge in [0.05, 0.1) is 11.9 Å². The topological polar surface area (TPSA) is 86.8 Å². The van der Waals surface area contributed by atoms with Crippen molar-refractivity contribution in [2.75, 3.05) is 23.7 Å². The normalized spacial score (nSPS) is 25.0. The maximum absolute atomic E-state index is 14.0. The molecule has 2 aromatic carbocycles. The Balaban J connectivity index is 1.39. The van der Waals surface area contributed by atoms with Crippen molar-refractivity contribution in [3.63, 3.8) is 0 Å². The molecule has 2 amide bonds. The van der Waals surface area contributed by atoms with Gasteiger partial charge in [-0.1, -0.05) is 62.7 Å². The second-order valence-electron chi connectivity index (χ2n) is 14.1. The van der Waals surface area contributed by atoms with Crippen LogP contribution in [-0.4, -0.2) is 50.5 Å². The standard InChI is InChI=1S/C35H49N3O4S/c1-6-32(34(40)36-21-24(2)3)37(22-26-9-7-25(4)8-10-26)33(39)23-38(43(5,41)42)31-13-11-30(12-14-31)35-18-27-15-28(19-35)17-29(16-27)20-35/h7-14,24,27-29,32H,6,15-23H2,1-5H3,(H,36,40)/t27?,28?,29?,32-,35?/m1/s1. The number of anilines is 1. The molecule has 1 atom stereocenters. The predicted octanol–water partition coefficient (Wildman–Crippen LogP) is 5.81. The van der Waals surface area contributed by atoms with E-state index < -0.39 is 22.0 Å². The Morgan fingerprint density at radius 2 is 1.49 bits per heavy atom. The van der Waals surface area contributed by atoms with Gasteiger partial charge >= 0.3 is 0 Å². The Morgan fingerprint density at radius 3 is 1.98 bits per heavy atom. The van der Waals surface area contributed by atoms with Crippen molar-refractivity contribution >= 4 is 27.5 Å². The summed E-state index contributed by atoms with van der Waals surface area (Å²) in [6, 6.07) is 15.1. The molecule has 0 unspecified atom stereocenters. The molecule has 234 valence electrons. The summed E-state index contributed by atoms with van der Waals surface area (Å²) in [5.41, 5.74) is 3.99. The minimum Gasteiger partial charge on any atom is -0.354 e. The average Bonchev–Trinajstić information content (AvgIpc) is 2.94. The van der Waals surface area contributed by atoms with Gasteiger partial charge in [-0.2, -0.15) is 0 Å². The number of amides is 2. The Bertz CT molecular complexity index is 1370. The number of hydrogen-bond acceptors (Lipinski definition) is 4. The maximum Gasteiger partial charge on any atom is 0.244 e. The fraction of sp³-hybridized carbons (Fsp3) is 0.600. The molecule has 0 spiro atoms. The molecule has 4 aliphatic rings. The molecule has 4 bridgehead atoms. The van der Waals surface area contributed by atoms with Crippen LogP contribution < -0.4 is 9.62 Å². The van der Waals surface area contributed by atoms with E-state index in [0.29, 0.717) is 18.7 Å². The summed E-state index contributed by atoms with van der Waals surface area (Å²) < 4.78 is 27.4. The molecule has 0 heterocycles. The molecule has 4 aliphatic carbocycles. The van der Waals surface area contributed by atoms with E-state index in [2.05, 4.69) is 17.4 Å². The van der Waals surface area contributed by atoms with Crippen LogP contribution in [0.15, 0.2) is 48.5 Å². The van der Waals surface area contributed by atoms with Crippen LogP contribution in [0.5, 0.6) is 0 Å². The number of rotatable bonds is 12. The summed E-state index contributed by atoms with van der Waals surface area (Å²) in [5.74, 6) is 2.11. The van der Waals surface area contributed by atoms with E-state index in [1.165, 1.54) is 48.4 Å². The van der Waals surface area contributed by atoms with E-state index in [-0.39, 0.29) is 30.3 Å². The van der Waals surface area contributed by atoms with E-state index >= 15 is 0 Å². The van der Waals surface area contributed by atoms with Crippen molar-refractivity contribution in [2.24, 2.45) is 23.7 Å². The van der Waals surface area contributed by atoms with Crippen molar-refractivity contribution in [3.8, 4) is 0 Å². The SMILES string of the molecule is CC[C@H](C(=O)NCC(C)C)N(Cc1ccc(C)cc1)C(=O)CN(c1ccc(C23CC4CC(CC(C4)C2)C3)cc1)S(C)(=O)=O. The van der Waals surface area contributed by atoms with Gasteiger partial charge in [-0.3, -0.25) is 13.9 Å². The molecule has 2 aromatic rings. The Morgan fingerprint density at radius 1 is 0.930 bits per heavy atom. The second kappa shape index (κ2) is 12.6. The van der Waals surface area contributed by atoms with Crippen molar-refractivity contribution in [1.82, 2.24) is 10.2 Å². The van der Waals surface area contributed by atoms with E-state index in [9.17, 15) is 18.0 Å². The predicted molar refractivity (Wildman–Crippen MR) is 172 cm³/mol. The molecule has 43 heavy (non-hydrogen) atoms. The summed E-state index contributed by atoms with van der Waals surface area (Å²) in [6.07, 6.45) is 9.37. The number of sulfonamides is 1. The zero-order valence-electron chi connectivity index (χ0n) is 26.5. The molecule has 6 rings (SSSR count). The zero-order valence-corrected chi connectivity index (χ0v) is 27.3. The first-order valence-corrected chi connectivity index (χ1v) is 17.9. The highest BCUT2D eigenvalue weighted by atomic mass is 32.2. The summed E-state index contributed by atoms with van der Waals surface area (Å²) in [7, 11) is -3.77. The fourth-order valence-electron chi connectivity index (χ4n) is 8.29. The lowest BCUT2D eigenvalue weighted by Crippen LogP contribution is -2.52. The number of nitrogens with one attached hydrogen (secondary N) is 1. The highest BCUT2D eigenvalue weighted by Gasteiger charge is 2.51. The minimum atomic E-state index is -3.77. The lowest BCUT2D eigenvalue weighted by molar-refractivity contribution is -0.140. The zero-order chi connectivity index (χ0) is 30.9. The van der Waals surface area contributed by atoms with Crippen LogP contribution in [0, 0.1) is 30.6 Å². The summed E-state index contributed by atoms with van der Waals surface area (Å²) in [4.78, 5) is 28.9. The third-order valence-corrected chi connectivity index (χ3v) is 11.2. The smallest absolute Gasteiger partial charge is 0.244 e. The van der Waals surface area contributed by atoms with Crippen molar-refractivity contribution in [3.05, 3.63) is 65.2 Å². The van der Waals surface area contributed by atoms with E-state index in [1.54, 1.807) is 4.90 Å². The third-order valence-electron chi connectivity index (χ3n) is 10.0. The van der Waals surface area contributed by atoms with Crippen molar-refractivity contribution in [2.45, 2.75) is 90.6 Å². The molecule has 0 aromatic heterocycles. The summed E-state index contributed by atoms with van der Waals surface area (Å²) in [6.45, 7) is 8.29. The van der Waals surface area contributed by atoms with Crippen LogP contribution >= 0.6 is 0 Å². The Hall–Kier alpha value is -2.87. The molecule has 0 aliphatic heterocycles. The van der Waals surface area contributed by atoms with Gasteiger partial charge in [-0.15, -0.1) is 0 Å². The van der Waals surface area contributed by atoms with E-state index in [1.807, 2.05) is 64.1 Å². The lowest BCUT2D eigenvalue weighted by Gasteiger charge is -2.57. The molecule has 1 N–H and O–H groups in total. The van der Waals surface area contributed by atoms with Crippen LogP contribution in [0.25, 0.3) is 0 Å².